The zero-order chi connectivity index (χ0) is 29.5. The topological polar surface area (TPSA) is 101 Å². The highest BCUT2D eigenvalue weighted by molar-refractivity contribution is 7.91. The minimum absolute atomic E-state index is 0.00253. The number of hydrogen-bond donors (Lipinski definition) is 2. The first-order chi connectivity index (χ1) is 19.4. The van der Waals surface area contributed by atoms with E-state index in [1.165, 1.54) is 24.3 Å². The van der Waals surface area contributed by atoms with Crippen LogP contribution in [0.3, 0.4) is 0 Å². The Hall–Kier alpha value is -3.41. The molecule has 0 bridgehead atoms. The van der Waals surface area contributed by atoms with Gasteiger partial charge in [0, 0.05) is 34.8 Å². The summed E-state index contributed by atoms with van der Waals surface area (Å²) in [4.78, 5) is 17.9. The molecule has 2 aromatic heterocycles. The van der Waals surface area contributed by atoms with Crippen LogP contribution in [0.25, 0.3) is 5.65 Å². The number of rotatable bonds is 9. The van der Waals surface area contributed by atoms with E-state index in [-0.39, 0.29) is 39.1 Å². The van der Waals surface area contributed by atoms with Gasteiger partial charge in [-0.1, -0.05) is 36.7 Å². The van der Waals surface area contributed by atoms with Gasteiger partial charge < -0.3 is 14.8 Å². The highest BCUT2D eigenvalue weighted by Gasteiger charge is 2.35. The van der Waals surface area contributed by atoms with Gasteiger partial charge >= 0.3 is 6.18 Å². The quantitative estimate of drug-likeness (QED) is 0.254. The molecule has 1 aliphatic rings. The van der Waals surface area contributed by atoms with E-state index < -0.39 is 40.1 Å². The van der Waals surface area contributed by atoms with E-state index >= 15 is 0 Å². The van der Waals surface area contributed by atoms with Gasteiger partial charge in [-0.05, 0) is 60.4 Å². The van der Waals surface area contributed by atoms with Gasteiger partial charge in [-0.3, -0.25) is 4.79 Å². The minimum Gasteiger partial charge on any atom is -0.394 e. The number of carbonyl (C=O) groups excluding carboxylic acids is 1. The zero-order valence-corrected chi connectivity index (χ0v) is 23.5. The number of fused-ring (bicyclic) bond motifs is 1. The Morgan fingerprint density at radius 1 is 1.15 bits per heavy atom. The second-order valence-electron chi connectivity index (χ2n) is 10.0. The fourth-order valence-corrected chi connectivity index (χ4v) is 5.93. The molecule has 41 heavy (non-hydrogen) atoms. The van der Waals surface area contributed by atoms with Crippen LogP contribution in [0.1, 0.15) is 70.2 Å². The van der Waals surface area contributed by atoms with Gasteiger partial charge in [-0.2, -0.15) is 13.2 Å². The van der Waals surface area contributed by atoms with Crippen molar-refractivity contribution >= 4 is 33.0 Å². The smallest absolute Gasteiger partial charge is 0.394 e. The lowest BCUT2D eigenvalue weighted by Crippen LogP contribution is -2.30. The summed E-state index contributed by atoms with van der Waals surface area (Å²) in [7, 11) is -3.39. The normalized spacial score (nSPS) is 14.8. The Kier molecular flexibility index (Phi) is 7.88. The lowest BCUT2D eigenvalue weighted by molar-refractivity contribution is -0.138. The molecule has 4 aromatic rings. The van der Waals surface area contributed by atoms with E-state index in [9.17, 15) is 31.5 Å². The SMILES string of the molecule is CCS(=O)(=O)c1ccc([C@@H](CO)NC(=O)c2ccn3c(C4CC4)c(Cc4ccc(Cl)cc4C(F)(F)F)nc3c2)cc1. The van der Waals surface area contributed by atoms with Crippen LogP contribution in [-0.2, 0) is 22.4 Å². The van der Waals surface area contributed by atoms with Crippen molar-refractivity contribution in [2.24, 2.45) is 0 Å². The molecule has 5 rings (SSSR count). The molecule has 2 aromatic carbocycles. The van der Waals surface area contributed by atoms with E-state index in [2.05, 4.69) is 10.3 Å². The monoisotopic (exact) mass is 605 g/mol. The number of pyridine rings is 1. The summed E-state index contributed by atoms with van der Waals surface area (Å²) in [5.74, 6) is -0.373. The number of aliphatic hydroxyl groups excluding tert-OH is 1. The Morgan fingerprint density at radius 2 is 1.85 bits per heavy atom. The second kappa shape index (κ2) is 11.1. The number of aromatic nitrogens is 2. The average Bonchev–Trinajstić information content (AvgIpc) is 3.72. The van der Waals surface area contributed by atoms with Gasteiger partial charge in [0.2, 0.25) is 0 Å². The average molecular weight is 606 g/mol. The third kappa shape index (κ3) is 6.12. The van der Waals surface area contributed by atoms with E-state index in [0.717, 1.165) is 24.6 Å². The van der Waals surface area contributed by atoms with E-state index in [1.807, 2.05) is 4.40 Å². The van der Waals surface area contributed by atoms with Crippen molar-refractivity contribution in [3.05, 3.63) is 99.5 Å². The second-order valence-corrected chi connectivity index (χ2v) is 12.7. The molecule has 0 unspecified atom stereocenters. The number of halogens is 4. The lowest BCUT2D eigenvalue weighted by Gasteiger charge is -2.17. The van der Waals surface area contributed by atoms with Crippen molar-refractivity contribution in [1.82, 2.24) is 14.7 Å². The number of nitrogens with zero attached hydrogens (tertiary/aromatic N) is 2. The summed E-state index contributed by atoms with van der Waals surface area (Å²) in [5.41, 5.74) is 1.79. The largest absolute Gasteiger partial charge is 0.416 e. The number of amides is 1. The van der Waals surface area contributed by atoms with E-state index in [0.29, 0.717) is 16.9 Å². The molecular formula is C29H27ClF3N3O4S. The van der Waals surface area contributed by atoms with Crippen LogP contribution in [0.4, 0.5) is 13.2 Å². The van der Waals surface area contributed by atoms with Crippen LogP contribution in [0.15, 0.2) is 65.7 Å². The molecule has 2 N–H and O–H groups in total. The number of imidazole rings is 1. The first-order valence-electron chi connectivity index (χ1n) is 13.0. The number of alkyl halides is 3. The molecule has 1 fully saturated rings. The summed E-state index contributed by atoms with van der Waals surface area (Å²) in [6, 6.07) is 12.0. The molecule has 1 atom stereocenters. The Balaban J connectivity index is 1.42. The Labute approximate surface area is 239 Å². The number of sulfone groups is 1. The van der Waals surface area contributed by atoms with Crippen molar-refractivity contribution in [2.45, 2.75) is 49.2 Å². The van der Waals surface area contributed by atoms with Crippen molar-refractivity contribution in [3.8, 4) is 0 Å². The summed E-state index contributed by atoms with van der Waals surface area (Å²) in [5, 5.41) is 12.7. The van der Waals surface area contributed by atoms with Gasteiger partial charge in [0.15, 0.2) is 9.84 Å². The third-order valence-corrected chi connectivity index (χ3v) is 9.20. The Bertz CT molecular complexity index is 1720. The maximum atomic E-state index is 13.7. The van der Waals surface area contributed by atoms with Gasteiger partial charge in [-0.25, -0.2) is 13.4 Å². The predicted octanol–water partition coefficient (Wildman–Crippen LogP) is 5.73. The summed E-state index contributed by atoms with van der Waals surface area (Å²) < 4.78 is 67.1. The summed E-state index contributed by atoms with van der Waals surface area (Å²) in [6.07, 6.45) is -1.15. The first kappa shape index (κ1) is 29.1. The molecule has 2 heterocycles. The minimum atomic E-state index is -4.57. The van der Waals surface area contributed by atoms with Crippen LogP contribution in [0.2, 0.25) is 5.02 Å². The molecular weight excluding hydrogens is 579 g/mol. The fraction of sp³-hybridized carbons (Fsp3) is 0.310. The van der Waals surface area contributed by atoms with Crippen molar-refractivity contribution < 1.29 is 31.5 Å². The fourth-order valence-electron chi connectivity index (χ4n) is 4.87. The number of carbonyl (C=O) groups is 1. The molecule has 12 heteroatoms. The molecule has 1 amide bonds. The maximum Gasteiger partial charge on any atom is 0.416 e. The standard InChI is InChI=1S/C29H27ClF3N3O4S/c1-2-41(39,40)22-9-6-17(7-10-22)25(16-37)35-28(38)20-11-12-36-26(14-20)34-24(27(36)18-3-4-18)13-19-5-8-21(30)15-23(19)29(31,32)33/h5-12,14-15,18,25,37H,2-4,13,16H2,1H3,(H,35,38)/t25-/m1/s1. The number of aliphatic hydroxyl groups is 1. The molecule has 216 valence electrons. The highest BCUT2D eigenvalue weighted by atomic mass is 35.5. The molecule has 7 nitrogen and oxygen atoms in total. The molecule has 0 aliphatic heterocycles. The van der Waals surface area contributed by atoms with Crippen molar-refractivity contribution in [1.29, 1.82) is 0 Å². The maximum absolute atomic E-state index is 13.7. The first-order valence-corrected chi connectivity index (χ1v) is 15.0. The summed E-state index contributed by atoms with van der Waals surface area (Å²) >= 11 is 5.85. The van der Waals surface area contributed by atoms with Gasteiger partial charge in [0.1, 0.15) is 5.65 Å². The van der Waals surface area contributed by atoms with Gasteiger partial charge in [0.25, 0.3) is 5.91 Å². The van der Waals surface area contributed by atoms with Crippen LogP contribution in [-0.4, -0.2) is 41.2 Å². The van der Waals surface area contributed by atoms with Crippen LogP contribution < -0.4 is 5.32 Å². The number of benzene rings is 2. The summed E-state index contributed by atoms with van der Waals surface area (Å²) in [6.45, 7) is 1.13. The van der Waals surface area contributed by atoms with Gasteiger partial charge in [0.05, 0.1) is 34.6 Å². The predicted molar refractivity (Wildman–Crippen MR) is 148 cm³/mol. The highest BCUT2D eigenvalue weighted by Crippen LogP contribution is 2.43. The molecule has 1 saturated carbocycles. The molecule has 0 spiro atoms. The molecule has 0 saturated heterocycles. The molecule has 1 aliphatic carbocycles. The van der Waals surface area contributed by atoms with Gasteiger partial charge in [-0.15, -0.1) is 0 Å². The van der Waals surface area contributed by atoms with E-state index in [1.54, 1.807) is 37.4 Å². The van der Waals surface area contributed by atoms with Crippen molar-refractivity contribution in [3.63, 3.8) is 0 Å². The number of nitrogens with one attached hydrogen (secondary N) is 1. The zero-order valence-electron chi connectivity index (χ0n) is 22.0. The van der Waals surface area contributed by atoms with Crippen LogP contribution >= 0.6 is 11.6 Å². The van der Waals surface area contributed by atoms with Crippen LogP contribution in [0, 0.1) is 0 Å². The third-order valence-electron chi connectivity index (χ3n) is 7.21. The lowest BCUT2D eigenvalue weighted by atomic mass is 10.0. The molecule has 0 radical (unpaired) electrons. The van der Waals surface area contributed by atoms with Crippen LogP contribution in [0.5, 0.6) is 0 Å². The number of hydrogen-bond acceptors (Lipinski definition) is 5. The van der Waals surface area contributed by atoms with E-state index in [4.69, 9.17) is 11.6 Å². The Morgan fingerprint density at radius 3 is 2.46 bits per heavy atom. The van der Waals surface area contributed by atoms with Crippen molar-refractivity contribution in [2.75, 3.05) is 12.4 Å².